The van der Waals surface area contributed by atoms with Gasteiger partial charge in [0, 0.05) is 19.6 Å². The number of likely N-dealkylation sites (tertiary alicyclic amines) is 1. The van der Waals surface area contributed by atoms with Crippen LogP contribution in [0.15, 0.2) is 24.3 Å². The zero-order valence-electron chi connectivity index (χ0n) is 14.2. The van der Waals surface area contributed by atoms with Gasteiger partial charge in [-0.05, 0) is 32.0 Å². The number of carbonyl (C=O) groups excluding carboxylic acids is 1. The number of nitrogens with one attached hydrogen (secondary N) is 2. The summed E-state index contributed by atoms with van der Waals surface area (Å²) in [7, 11) is 2.11. The SMILES string of the molecule is CN1CCC(Oc2ccccc2NC(=O)NCCOCCO)CC1. The molecule has 0 aliphatic carbocycles. The van der Waals surface area contributed by atoms with E-state index in [0.29, 0.717) is 24.6 Å². The molecule has 1 fully saturated rings. The first-order valence-electron chi connectivity index (χ1n) is 8.36. The number of carbonyl (C=O) groups is 1. The highest BCUT2D eigenvalue weighted by Crippen LogP contribution is 2.27. The van der Waals surface area contributed by atoms with E-state index in [4.69, 9.17) is 14.6 Å². The first kappa shape index (κ1) is 18.5. The van der Waals surface area contributed by atoms with Gasteiger partial charge in [0.2, 0.25) is 0 Å². The number of benzene rings is 1. The van der Waals surface area contributed by atoms with Gasteiger partial charge in [0.15, 0.2) is 0 Å². The molecule has 1 aliphatic rings. The Morgan fingerprint density at radius 2 is 2.04 bits per heavy atom. The molecule has 24 heavy (non-hydrogen) atoms. The highest BCUT2D eigenvalue weighted by molar-refractivity contribution is 5.90. The van der Waals surface area contributed by atoms with Gasteiger partial charge in [0.25, 0.3) is 0 Å². The van der Waals surface area contributed by atoms with Crippen LogP contribution < -0.4 is 15.4 Å². The summed E-state index contributed by atoms with van der Waals surface area (Å²) in [5.74, 6) is 0.693. The van der Waals surface area contributed by atoms with E-state index in [1.807, 2.05) is 24.3 Å². The van der Waals surface area contributed by atoms with Crippen LogP contribution in [0.4, 0.5) is 10.5 Å². The second-order valence-corrected chi connectivity index (χ2v) is 5.83. The predicted molar refractivity (Wildman–Crippen MR) is 92.5 cm³/mol. The van der Waals surface area contributed by atoms with Crippen molar-refractivity contribution >= 4 is 11.7 Å². The molecule has 1 aromatic carbocycles. The van der Waals surface area contributed by atoms with Crippen molar-refractivity contribution < 1.29 is 19.4 Å². The Bertz CT molecular complexity index is 504. The van der Waals surface area contributed by atoms with E-state index in [2.05, 4.69) is 22.6 Å². The highest BCUT2D eigenvalue weighted by atomic mass is 16.5. The van der Waals surface area contributed by atoms with Crippen LogP contribution in [-0.4, -0.2) is 68.6 Å². The Morgan fingerprint density at radius 1 is 1.29 bits per heavy atom. The average molecular weight is 337 g/mol. The Balaban J connectivity index is 1.81. The predicted octanol–water partition coefficient (Wildman–Crippen LogP) is 1.29. The number of nitrogens with zero attached hydrogens (tertiary/aromatic N) is 1. The molecule has 0 spiro atoms. The van der Waals surface area contributed by atoms with Gasteiger partial charge in [-0.25, -0.2) is 4.79 Å². The molecule has 0 aromatic heterocycles. The fourth-order valence-corrected chi connectivity index (χ4v) is 2.52. The monoisotopic (exact) mass is 337 g/mol. The van der Waals surface area contributed by atoms with Gasteiger partial charge in [-0.1, -0.05) is 12.1 Å². The molecule has 0 atom stereocenters. The average Bonchev–Trinajstić information content (AvgIpc) is 2.58. The van der Waals surface area contributed by atoms with Crippen molar-refractivity contribution in [2.75, 3.05) is 51.8 Å². The molecule has 1 saturated heterocycles. The Kier molecular flexibility index (Phi) is 7.81. The first-order chi connectivity index (χ1) is 11.7. The van der Waals surface area contributed by atoms with Gasteiger partial charge in [0.1, 0.15) is 11.9 Å². The van der Waals surface area contributed by atoms with Crippen LogP contribution in [0, 0.1) is 0 Å². The number of aliphatic hydroxyl groups excluding tert-OH is 1. The van der Waals surface area contributed by atoms with E-state index >= 15 is 0 Å². The van der Waals surface area contributed by atoms with E-state index < -0.39 is 0 Å². The van der Waals surface area contributed by atoms with Crippen molar-refractivity contribution in [1.82, 2.24) is 10.2 Å². The summed E-state index contributed by atoms with van der Waals surface area (Å²) >= 11 is 0. The Hall–Kier alpha value is -1.83. The minimum Gasteiger partial charge on any atom is -0.488 e. The molecule has 1 aliphatic heterocycles. The maximum absolute atomic E-state index is 11.9. The van der Waals surface area contributed by atoms with Crippen LogP contribution in [0.2, 0.25) is 0 Å². The number of piperidine rings is 1. The lowest BCUT2D eigenvalue weighted by atomic mass is 10.1. The van der Waals surface area contributed by atoms with E-state index in [0.717, 1.165) is 25.9 Å². The molecule has 0 bridgehead atoms. The van der Waals surface area contributed by atoms with Gasteiger partial charge in [0.05, 0.1) is 25.5 Å². The number of para-hydroxylation sites is 2. The molecular weight excluding hydrogens is 310 g/mol. The van der Waals surface area contributed by atoms with Crippen molar-refractivity contribution in [3.05, 3.63) is 24.3 Å². The topological polar surface area (TPSA) is 83.1 Å². The number of aliphatic hydroxyl groups is 1. The van der Waals surface area contributed by atoms with Crippen molar-refractivity contribution in [3.63, 3.8) is 0 Å². The van der Waals surface area contributed by atoms with E-state index in [9.17, 15) is 4.79 Å². The minimum atomic E-state index is -0.304. The molecule has 134 valence electrons. The van der Waals surface area contributed by atoms with Gasteiger partial charge < -0.3 is 30.1 Å². The van der Waals surface area contributed by atoms with E-state index in [-0.39, 0.29) is 25.3 Å². The second-order valence-electron chi connectivity index (χ2n) is 5.83. The van der Waals surface area contributed by atoms with Crippen LogP contribution in [-0.2, 0) is 4.74 Å². The highest BCUT2D eigenvalue weighted by Gasteiger charge is 2.19. The Labute approximate surface area is 142 Å². The van der Waals surface area contributed by atoms with Crippen LogP contribution >= 0.6 is 0 Å². The number of rotatable bonds is 8. The molecule has 0 unspecified atom stereocenters. The van der Waals surface area contributed by atoms with Crippen molar-refractivity contribution in [2.45, 2.75) is 18.9 Å². The number of urea groups is 1. The standard InChI is InChI=1S/C17H27N3O4/c1-20-9-6-14(7-10-20)24-16-5-3-2-4-15(16)19-17(22)18-8-12-23-13-11-21/h2-5,14,21H,6-13H2,1H3,(H2,18,19,22). The molecule has 7 heteroatoms. The third-order valence-corrected chi connectivity index (χ3v) is 3.86. The summed E-state index contributed by atoms with van der Waals surface area (Å²) in [4.78, 5) is 14.2. The molecule has 0 radical (unpaired) electrons. The lowest BCUT2D eigenvalue weighted by Gasteiger charge is -2.29. The minimum absolute atomic E-state index is 0.0200. The maximum atomic E-state index is 11.9. The third-order valence-electron chi connectivity index (χ3n) is 3.86. The summed E-state index contributed by atoms with van der Waals surface area (Å²) < 4.78 is 11.2. The fraction of sp³-hybridized carbons (Fsp3) is 0.588. The van der Waals surface area contributed by atoms with Gasteiger partial charge >= 0.3 is 6.03 Å². The smallest absolute Gasteiger partial charge is 0.319 e. The lowest BCUT2D eigenvalue weighted by molar-refractivity contribution is 0.0949. The zero-order valence-corrected chi connectivity index (χ0v) is 14.2. The number of hydrogen-bond acceptors (Lipinski definition) is 5. The van der Waals surface area contributed by atoms with Gasteiger partial charge in [-0.3, -0.25) is 0 Å². The van der Waals surface area contributed by atoms with Crippen molar-refractivity contribution in [3.8, 4) is 5.75 Å². The zero-order chi connectivity index (χ0) is 17.2. The van der Waals surface area contributed by atoms with Crippen LogP contribution in [0.25, 0.3) is 0 Å². The summed E-state index contributed by atoms with van der Waals surface area (Å²) in [5.41, 5.74) is 0.658. The second kappa shape index (κ2) is 10.1. The molecule has 0 saturated carbocycles. The summed E-state index contributed by atoms with van der Waals surface area (Å²) in [6.45, 7) is 3.04. The largest absolute Gasteiger partial charge is 0.488 e. The molecule has 1 heterocycles. The number of amides is 2. The van der Waals surface area contributed by atoms with E-state index in [1.165, 1.54) is 0 Å². The number of hydrogen-bond donors (Lipinski definition) is 3. The lowest BCUT2D eigenvalue weighted by Crippen LogP contribution is -2.36. The summed E-state index contributed by atoms with van der Waals surface area (Å²) in [6.07, 6.45) is 2.15. The molecule has 3 N–H and O–H groups in total. The molecule has 2 amide bonds. The quantitative estimate of drug-likeness (QED) is 0.623. The summed E-state index contributed by atoms with van der Waals surface area (Å²) in [6, 6.07) is 7.16. The fourth-order valence-electron chi connectivity index (χ4n) is 2.52. The van der Waals surface area contributed by atoms with E-state index in [1.54, 1.807) is 0 Å². The molecule has 7 nitrogen and oxygen atoms in total. The maximum Gasteiger partial charge on any atom is 0.319 e. The molecule has 1 aromatic rings. The van der Waals surface area contributed by atoms with Crippen LogP contribution in [0.3, 0.4) is 0 Å². The molecule has 2 rings (SSSR count). The van der Waals surface area contributed by atoms with Crippen LogP contribution in [0.5, 0.6) is 5.75 Å². The number of ether oxygens (including phenoxy) is 2. The Morgan fingerprint density at radius 3 is 2.79 bits per heavy atom. The van der Waals surface area contributed by atoms with Gasteiger partial charge in [-0.2, -0.15) is 0 Å². The molecular formula is C17H27N3O4. The normalized spacial score (nSPS) is 15.9. The third kappa shape index (κ3) is 6.35. The van der Waals surface area contributed by atoms with Gasteiger partial charge in [-0.15, -0.1) is 0 Å². The van der Waals surface area contributed by atoms with Crippen molar-refractivity contribution in [2.24, 2.45) is 0 Å². The van der Waals surface area contributed by atoms with Crippen LogP contribution in [0.1, 0.15) is 12.8 Å². The number of anilines is 1. The van der Waals surface area contributed by atoms with Crippen molar-refractivity contribution in [1.29, 1.82) is 0 Å². The summed E-state index contributed by atoms with van der Waals surface area (Å²) in [5, 5.41) is 14.1. The first-order valence-corrected chi connectivity index (χ1v) is 8.36.